The average molecular weight is 286 g/mol. The molecule has 2 heterocycles. The second kappa shape index (κ2) is 6.26. The highest BCUT2D eigenvalue weighted by atomic mass is 16.5. The Morgan fingerprint density at radius 3 is 3.10 bits per heavy atom. The van der Waals surface area contributed by atoms with Gasteiger partial charge >= 0.3 is 0 Å². The molecule has 2 aromatic rings. The number of aryl methyl sites for hydroxylation is 1. The molecule has 0 amide bonds. The molecule has 0 bridgehead atoms. The molecule has 2 unspecified atom stereocenters. The van der Waals surface area contributed by atoms with Crippen LogP contribution in [0.2, 0.25) is 0 Å². The van der Waals surface area contributed by atoms with Crippen molar-refractivity contribution in [2.24, 2.45) is 0 Å². The lowest BCUT2D eigenvalue weighted by Gasteiger charge is -2.32. The molecule has 0 spiro atoms. The van der Waals surface area contributed by atoms with Gasteiger partial charge in [0, 0.05) is 12.5 Å². The molecule has 0 aliphatic carbocycles. The number of benzene rings is 1. The van der Waals surface area contributed by atoms with Gasteiger partial charge in [-0.1, -0.05) is 30.3 Å². The van der Waals surface area contributed by atoms with E-state index in [1.54, 1.807) is 0 Å². The van der Waals surface area contributed by atoms with Gasteiger partial charge in [-0.05, 0) is 31.5 Å². The summed E-state index contributed by atoms with van der Waals surface area (Å²) in [6.45, 7) is 3.82. The van der Waals surface area contributed by atoms with Crippen molar-refractivity contribution in [2.45, 2.75) is 38.3 Å². The predicted molar refractivity (Wildman–Crippen MR) is 81.4 cm³/mol. The van der Waals surface area contributed by atoms with Crippen LogP contribution in [0.1, 0.15) is 43.0 Å². The quantitative estimate of drug-likeness (QED) is 0.917. The molecule has 1 N–H and O–H groups in total. The van der Waals surface area contributed by atoms with Crippen molar-refractivity contribution in [2.75, 3.05) is 13.7 Å². The van der Waals surface area contributed by atoms with Gasteiger partial charge in [0.25, 0.3) is 0 Å². The van der Waals surface area contributed by atoms with Gasteiger partial charge in [0.2, 0.25) is 0 Å². The Morgan fingerprint density at radius 2 is 2.29 bits per heavy atom. The van der Waals surface area contributed by atoms with Crippen molar-refractivity contribution in [1.82, 2.24) is 20.3 Å². The van der Waals surface area contributed by atoms with Gasteiger partial charge in [-0.15, -0.1) is 5.10 Å². The predicted octanol–water partition coefficient (Wildman–Crippen LogP) is 2.51. The average Bonchev–Trinajstić information content (AvgIpc) is 2.97. The number of para-hydroxylation sites is 1. The van der Waals surface area contributed by atoms with Crippen molar-refractivity contribution in [1.29, 1.82) is 0 Å². The number of ether oxygens (including phenoxy) is 1. The molecule has 5 nitrogen and oxygen atoms in total. The fourth-order valence-corrected chi connectivity index (χ4v) is 3.16. The summed E-state index contributed by atoms with van der Waals surface area (Å²) in [6, 6.07) is 8.53. The van der Waals surface area contributed by atoms with Gasteiger partial charge in [0.15, 0.2) is 0 Å². The highest BCUT2D eigenvalue weighted by molar-refractivity contribution is 5.39. The van der Waals surface area contributed by atoms with Gasteiger partial charge in [0.05, 0.1) is 24.5 Å². The molecule has 0 saturated heterocycles. The van der Waals surface area contributed by atoms with Crippen LogP contribution < -0.4 is 10.1 Å². The minimum absolute atomic E-state index is 0.205. The lowest BCUT2D eigenvalue weighted by atomic mass is 9.85. The molecule has 2 atom stereocenters. The Morgan fingerprint density at radius 1 is 1.43 bits per heavy atom. The van der Waals surface area contributed by atoms with Crippen molar-refractivity contribution >= 4 is 0 Å². The summed E-state index contributed by atoms with van der Waals surface area (Å²) in [5.41, 5.74) is 2.42. The Bertz CT molecular complexity index is 595. The van der Waals surface area contributed by atoms with E-state index in [-0.39, 0.29) is 6.04 Å². The Kier molecular flexibility index (Phi) is 4.20. The first-order valence-electron chi connectivity index (χ1n) is 7.62. The van der Waals surface area contributed by atoms with Crippen LogP contribution in [-0.2, 0) is 6.54 Å². The summed E-state index contributed by atoms with van der Waals surface area (Å²) < 4.78 is 7.79. The normalized spacial score (nSPS) is 18.9. The third-order valence-electron chi connectivity index (χ3n) is 4.12. The molecule has 1 aliphatic rings. The van der Waals surface area contributed by atoms with Crippen LogP contribution >= 0.6 is 0 Å². The van der Waals surface area contributed by atoms with Crippen molar-refractivity contribution in [3.63, 3.8) is 0 Å². The molecule has 21 heavy (non-hydrogen) atoms. The molecule has 1 aromatic carbocycles. The maximum absolute atomic E-state index is 5.78. The zero-order valence-corrected chi connectivity index (χ0v) is 12.6. The van der Waals surface area contributed by atoms with Gasteiger partial charge in [-0.2, -0.15) is 0 Å². The van der Waals surface area contributed by atoms with E-state index in [4.69, 9.17) is 4.74 Å². The second-order valence-corrected chi connectivity index (χ2v) is 5.43. The molecule has 1 aliphatic heterocycles. The van der Waals surface area contributed by atoms with E-state index in [1.807, 2.05) is 24.0 Å². The van der Waals surface area contributed by atoms with Crippen LogP contribution in [0.5, 0.6) is 5.75 Å². The third-order valence-corrected chi connectivity index (χ3v) is 4.12. The van der Waals surface area contributed by atoms with Crippen LogP contribution in [0, 0.1) is 0 Å². The van der Waals surface area contributed by atoms with Crippen LogP contribution in [0.3, 0.4) is 0 Å². The molecule has 3 rings (SSSR count). The Labute approximate surface area is 125 Å². The van der Waals surface area contributed by atoms with Crippen LogP contribution in [0.4, 0.5) is 0 Å². The fourth-order valence-electron chi connectivity index (χ4n) is 3.16. The standard InChI is InChI=1S/C16H22N4O/c1-3-9-20-14(11-18-19-20)16(17-2)13-8-10-21-15-7-5-4-6-12(13)15/h4-7,11,13,16-17H,3,8-10H2,1-2H3. The number of rotatable bonds is 5. The molecule has 1 aromatic heterocycles. The first-order chi connectivity index (χ1) is 10.3. The van der Waals surface area contributed by atoms with E-state index in [0.29, 0.717) is 5.92 Å². The van der Waals surface area contributed by atoms with E-state index in [9.17, 15) is 0 Å². The first-order valence-corrected chi connectivity index (χ1v) is 7.62. The number of hydrogen-bond acceptors (Lipinski definition) is 4. The molecule has 5 heteroatoms. The summed E-state index contributed by atoms with van der Waals surface area (Å²) in [5.74, 6) is 1.39. The van der Waals surface area contributed by atoms with Gasteiger partial charge < -0.3 is 10.1 Å². The van der Waals surface area contributed by atoms with E-state index in [2.05, 4.69) is 40.8 Å². The van der Waals surface area contributed by atoms with Gasteiger partial charge in [-0.3, -0.25) is 0 Å². The largest absolute Gasteiger partial charge is 0.493 e. The highest BCUT2D eigenvalue weighted by Gasteiger charge is 2.31. The van der Waals surface area contributed by atoms with E-state index < -0.39 is 0 Å². The molecule has 112 valence electrons. The van der Waals surface area contributed by atoms with Crippen molar-refractivity contribution < 1.29 is 4.74 Å². The second-order valence-electron chi connectivity index (χ2n) is 5.43. The summed E-state index contributed by atoms with van der Waals surface area (Å²) in [4.78, 5) is 0. The molecule has 0 radical (unpaired) electrons. The van der Waals surface area contributed by atoms with Gasteiger partial charge in [0.1, 0.15) is 5.75 Å². The number of fused-ring (bicyclic) bond motifs is 1. The SMILES string of the molecule is CCCn1nncc1C(NC)C1CCOc2ccccc21. The first kappa shape index (κ1) is 14.1. The monoisotopic (exact) mass is 286 g/mol. The Balaban J connectivity index is 1.96. The minimum Gasteiger partial charge on any atom is -0.493 e. The van der Waals surface area contributed by atoms with Crippen LogP contribution in [0.25, 0.3) is 0 Å². The minimum atomic E-state index is 0.205. The van der Waals surface area contributed by atoms with Crippen LogP contribution in [0.15, 0.2) is 30.5 Å². The van der Waals surface area contributed by atoms with E-state index >= 15 is 0 Å². The van der Waals surface area contributed by atoms with Crippen LogP contribution in [-0.4, -0.2) is 28.6 Å². The molecular weight excluding hydrogens is 264 g/mol. The number of nitrogens with one attached hydrogen (secondary N) is 1. The fraction of sp³-hybridized carbons (Fsp3) is 0.500. The summed E-state index contributed by atoms with van der Waals surface area (Å²) in [5, 5.41) is 11.8. The molecular formula is C16H22N4O. The van der Waals surface area contributed by atoms with Crippen molar-refractivity contribution in [3.8, 4) is 5.75 Å². The smallest absolute Gasteiger partial charge is 0.122 e. The van der Waals surface area contributed by atoms with E-state index in [0.717, 1.165) is 37.4 Å². The number of nitrogens with zero attached hydrogens (tertiary/aromatic N) is 3. The summed E-state index contributed by atoms with van der Waals surface area (Å²) in [6.07, 6.45) is 3.94. The molecule has 0 saturated carbocycles. The molecule has 0 fully saturated rings. The Hall–Kier alpha value is -1.88. The number of likely N-dealkylation sites (N-methyl/N-ethyl adjacent to an activating group) is 1. The number of aromatic nitrogens is 3. The maximum Gasteiger partial charge on any atom is 0.122 e. The lowest BCUT2D eigenvalue weighted by Crippen LogP contribution is -2.30. The number of hydrogen-bond donors (Lipinski definition) is 1. The summed E-state index contributed by atoms with van der Waals surface area (Å²) in [7, 11) is 2.01. The third kappa shape index (κ3) is 2.65. The zero-order valence-electron chi connectivity index (χ0n) is 12.6. The van der Waals surface area contributed by atoms with Crippen molar-refractivity contribution in [3.05, 3.63) is 41.7 Å². The zero-order chi connectivity index (χ0) is 14.7. The van der Waals surface area contributed by atoms with Gasteiger partial charge in [-0.25, -0.2) is 4.68 Å². The van der Waals surface area contributed by atoms with E-state index in [1.165, 1.54) is 5.56 Å². The summed E-state index contributed by atoms with van der Waals surface area (Å²) >= 11 is 0. The highest BCUT2D eigenvalue weighted by Crippen LogP contribution is 2.40. The topological polar surface area (TPSA) is 52.0 Å². The maximum atomic E-state index is 5.78. The lowest BCUT2D eigenvalue weighted by molar-refractivity contribution is 0.245.